The molecule has 0 unspecified atom stereocenters. The van der Waals surface area contributed by atoms with Gasteiger partial charge in [-0.2, -0.15) is 0 Å². The second-order valence-corrected chi connectivity index (χ2v) is 17.1. The van der Waals surface area contributed by atoms with Gasteiger partial charge in [0, 0.05) is 0 Å². The van der Waals surface area contributed by atoms with E-state index in [0.29, 0.717) is 0 Å². The van der Waals surface area contributed by atoms with Crippen molar-refractivity contribution in [3.63, 3.8) is 0 Å². The maximum absolute atomic E-state index is 2.54. The minimum atomic E-state index is -2.15. The first-order chi connectivity index (χ1) is 12.0. The summed E-state index contributed by atoms with van der Waals surface area (Å²) in [6, 6.07) is 31.6. The van der Waals surface area contributed by atoms with E-state index in [0.717, 1.165) is 0 Å². The molecule has 0 N–H and O–H groups in total. The highest BCUT2D eigenvalue weighted by atomic mass is 28.4. The summed E-state index contributed by atoms with van der Waals surface area (Å²) in [5.74, 6) is 0. The molecule has 0 amide bonds. The standard InChI is InChI=1S/C23H24Si2/c1-24(2,3)23-18-19-12-10-11-17-22(19)25(23,20-13-6-4-7-14-20)21-15-8-5-9-16-21/h4-18H,1-3H3. The van der Waals surface area contributed by atoms with Gasteiger partial charge in [0.15, 0.2) is 8.07 Å². The summed E-state index contributed by atoms with van der Waals surface area (Å²) in [5, 5.41) is 4.59. The van der Waals surface area contributed by atoms with Crippen LogP contribution in [0.2, 0.25) is 19.6 Å². The molecule has 0 nitrogen and oxygen atoms in total. The summed E-state index contributed by atoms with van der Waals surface area (Å²) in [7, 11) is -3.65. The lowest BCUT2D eigenvalue weighted by molar-refractivity contribution is 1.67. The molecule has 2 heteroatoms. The molecule has 0 fully saturated rings. The Morgan fingerprint density at radius 2 is 1.08 bits per heavy atom. The van der Waals surface area contributed by atoms with Crippen LogP contribution in [0.5, 0.6) is 0 Å². The number of rotatable bonds is 3. The predicted molar refractivity (Wildman–Crippen MR) is 115 cm³/mol. The Bertz CT molecular complexity index is 880. The van der Waals surface area contributed by atoms with E-state index >= 15 is 0 Å². The van der Waals surface area contributed by atoms with Gasteiger partial charge in [0.05, 0.1) is 8.07 Å². The Kier molecular flexibility index (Phi) is 3.90. The molecule has 0 aliphatic carbocycles. The molecular formula is C23H24Si2. The van der Waals surface area contributed by atoms with Crippen molar-refractivity contribution < 1.29 is 0 Å². The van der Waals surface area contributed by atoms with Crippen molar-refractivity contribution >= 4 is 37.8 Å². The van der Waals surface area contributed by atoms with E-state index in [2.05, 4.69) is 111 Å². The SMILES string of the molecule is C[Si](C)(C)C1=Cc2ccccc2[Si]1(c1ccccc1)c1ccccc1. The van der Waals surface area contributed by atoms with Gasteiger partial charge in [0.2, 0.25) is 0 Å². The quantitative estimate of drug-likeness (QED) is 0.623. The summed E-state index contributed by atoms with van der Waals surface area (Å²) >= 11 is 0. The van der Waals surface area contributed by atoms with Gasteiger partial charge in [0.25, 0.3) is 0 Å². The van der Waals surface area contributed by atoms with E-state index in [1.165, 1.54) is 15.9 Å². The van der Waals surface area contributed by atoms with Crippen LogP contribution < -0.4 is 15.6 Å². The highest BCUT2D eigenvalue weighted by molar-refractivity contribution is 7.26. The zero-order valence-electron chi connectivity index (χ0n) is 15.2. The number of fused-ring (bicyclic) bond motifs is 1. The van der Waals surface area contributed by atoms with Gasteiger partial charge in [-0.15, -0.1) is 0 Å². The van der Waals surface area contributed by atoms with Gasteiger partial charge >= 0.3 is 0 Å². The van der Waals surface area contributed by atoms with Gasteiger partial charge in [-0.05, 0) is 21.1 Å². The molecule has 1 heterocycles. The molecule has 3 aromatic rings. The van der Waals surface area contributed by atoms with E-state index in [1.807, 2.05) is 0 Å². The Labute approximate surface area is 152 Å². The highest BCUT2D eigenvalue weighted by Gasteiger charge is 2.50. The van der Waals surface area contributed by atoms with Crippen LogP contribution >= 0.6 is 0 Å². The Morgan fingerprint density at radius 1 is 0.600 bits per heavy atom. The third kappa shape index (κ3) is 2.48. The molecule has 3 aromatic carbocycles. The van der Waals surface area contributed by atoms with E-state index in [9.17, 15) is 0 Å². The molecule has 0 radical (unpaired) electrons. The van der Waals surface area contributed by atoms with Crippen LogP contribution in [0.3, 0.4) is 0 Å². The van der Waals surface area contributed by atoms with Crippen molar-refractivity contribution in [3.8, 4) is 0 Å². The van der Waals surface area contributed by atoms with Crippen molar-refractivity contribution in [1.29, 1.82) is 0 Å². The van der Waals surface area contributed by atoms with Gasteiger partial charge in [-0.3, -0.25) is 0 Å². The molecular weight excluding hydrogens is 332 g/mol. The number of hydrogen-bond acceptors (Lipinski definition) is 0. The van der Waals surface area contributed by atoms with Crippen LogP contribution in [0.4, 0.5) is 0 Å². The van der Waals surface area contributed by atoms with Crippen LogP contribution in [0.25, 0.3) is 6.08 Å². The van der Waals surface area contributed by atoms with Crippen LogP contribution in [0.1, 0.15) is 5.56 Å². The molecule has 124 valence electrons. The summed E-state index contributed by atoms with van der Waals surface area (Å²) < 4.78 is 0. The summed E-state index contributed by atoms with van der Waals surface area (Å²) in [4.78, 5) is 1.73. The molecule has 25 heavy (non-hydrogen) atoms. The van der Waals surface area contributed by atoms with Gasteiger partial charge in [0.1, 0.15) is 0 Å². The fraction of sp³-hybridized carbons (Fsp3) is 0.130. The number of hydrogen-bond donors (Lipinski definition) is 0. The lowest BCUT2D eigenvalue weighted by Gasteiger charge is -2.38. The maximum Gasteiger partial charge on any atom is 0.172 e. The van der Waals surface area contributed by atoms with E-state index in [4.69, 9.17) is 0 Å². The van der Waals surface area contributed by atoms with Crippen molar-refractivity contribution in [2.75, 3.05) is 0 Å². The van der Waals surface area contributed by atoms with E-state index in [-0.39, 0.29) is 0 Å². The average Bonchev–Trinajstić information content (AvgIpc) is 3.00. The monoisotopic (exact) mass is 356 g/mol. The maximum atomic E-state index is 2.54. The highest BCUT2D eigenvalue weighted by Crippen LogP contribution is 2.33. The average molecular weight is 357 g/mol. The van der Waals surface area contributed by atoms with Crippen LogP contribution in [0.15, 0.2) is 89.7 Å². The molecule has 1 aliphatic rings. The lowest BCUT2D eigenvalue weighted by atomic mass is 10.2. The molecule has 0 aromatic heterocycles. The first-order valence-corrected chi connectivity index (χ1v) is 14.5. The molecule has 4 rings (SSSR count). The Hall–Kier alpha value is -2.17. The minimum Gasteiger partial charge on any atom is -0.0776 e. The first-order valence-electron chi connectivity index (χ1n) is 8.98. The second kappa shape index (κ2) is 5.97. The van der Waals surface area contributed by atoms with E-state index in [1.54, 1.807) is 10.0 Å². The smallest absolute Gasteiger partial charge is 0.0776 e. The molecule has 1 aliphatic heterocycles. The van der Waals surface area contributed by atoms with Crippen molar-refractivity contribution in [1.82, 2.24) is 0 Å². The van der Waals surface area contributed by atoms with E-state index < -0.39 is 16.1 Å². The fourth-order valence-corrected chi connectivity index (χ4v) is 15.2. The first kappa shape index (κ1) is 16.3. The summed E-state index contributed by atoms with van der Waals surface area (Å²) in [6.07, 6.45) is 2.54. The predicted octanol–water partition coefficient (Wildman–Crippen LogP) is 3.97. The number of benzene rings is 3. The van der Waals surface area contributed by atoms with Gasteiger partial charge < -0.3 is 0 Å². The topological polar surface area (TPSA) is 0 Å². The molecule has 0 bridgehead atoms. The van der Waals surface area contributed by atoms with Crippen LogP contribution in [0, 0.1) is 0 Å². The third-order valence-corrected chi connectivity index (χ3v) is 15.0. The Balaban J connectivity index is 2.14. The fourth-order valence-electron chi connectivity index (χ4n) is 4.32. The minimum absolute atomic E-state index is 1.43. The lowest BCUT2D eigenvalue weighted by Crippen LogP contribution is -2.70. The van der Waals surface area contributed by atoms with Crippen LogP contribution in [-0.4, -0.2) is 16.1 Å². The van der Waals surface area contributed by atoms with Crippen LogP contribution in [-0.2, 0) is 0 Å². The summed E-state index contributed by atoms with van der Waals surface area (Å²) in [6.45, 7) is 7.50. The summed E-state index contributed by atoms with van der Waals surface area (Å²) in [5.41, 5.74) is 1.43. The molecule has 0 spiro atoms. The zero-order valence-corrected chi connectivity index (χ0v) is 17.2. The Morgan fingerprint density at radius 3 is 1.60 bits per heavy atom. The normalized spacial score (nSPS) is 15.6. The zero-order chi connectivity index (χ0) is 17.5. The van der Waals surface area contributed by atoms with Gasteiger partial charge in [-0.25, -0.2) is 0 Å². The second-order valence-electron chi connectivity index (χ2n) is 7.88. The van der Waals surface area contributed by atoms with Crippen molar-refractivity contribution in [2.45, 2.75) is 19.6 Å². The molecule has 0 saturated carbocycles. The molecule has 0 atom stereocenters. The van der Waals surface area contributed by atoms with Gasteiger partial charge in [-0.1, -0.05) is 115 Å². The molecule has 0 saturated heterocycles. The third-order valence-electron chi connectivity index (χ3n) is 5.29. The largest absolute Gasteiger partial charge is 0.172 e. The van der Waals surface area contributed by atoms with Crippen molar-refractivity contribution in [3.05, 3.63) is 95.3 Å². The van der Waals surface area contributed by atoms with Crippen molar-refractivity contribution in [2.24, 2.45) is 0 Å².